The molecule has 0 aliphatic carbocycles. The van der Waals surface area contributed by atoms with Crippen LogP contribution in [0.3, 0.4) is 0 Å². The van der Waals surface area contributed by atoms with Gasteiger partial charge in [-0.05, 0) is 54.4 Å². The zero-order valence-electron chi connectivity index (χ0n) is 12.5. The Morgan fingerprint density at radius 2 is 1.96 bits per heavy atom. The molecule has 1 aliphatic heterocycles. The minimum Gasteiger partial charge on any atom is -0.497 e. The summed E-state index contributed by atoms with van der Waals surface area (Å²) < 4.78 is 38.3. The highest BCUT2D eigenvalue weighted by atomic mass is 35.5. The minimum atomic E-state index is -3.61. The van der Waals surface area contributed by atoms with Gasteiger partial charge < -0.3 is 9.47 Å². The summed E-state index contributed by atoms with van der Waals surface area (Å²) in [6.45, 7) is 0.284. The summed E-state index contributed by atoms with van der Waals surface area (Å²) in [6, 6.07) is 11.2. The van der Waals surface area contributed by atoms with E-state index >= 15 is 0 Å². The van der Waals surface area contributed by atoms with Crippen LogP contribution in [0.15, 0.2) is 47.4 Å². The number of rotatable bonds is 4. The normalized spacial score (nSPS) is 17.2. The minimum absolute atomic E-state index is 0.179. The molecular formula is C16H16ClNO4S. The van der Waals surface area contributed by atoms with Gasteiger partial charge in [0.25, 0.3) is 0 Å². The van der Waals surface area contributed by atoms with E-state index in [0.29, 0.717) is 17.2 Å². The Morgan fingerprint density at radius 3 is 2.65 bits per heavy atom. The Kier molecular flexibility index (Phi) is 4.48. The van der Waals surface area contributed by atoms with Crippen molar-refractivity contribution in [3.63, 3.8) is 0 Å². The fraction of sp³-hybridized carbons (Fsp3) is 0.250. The molecular weight excluding hydrogens is 338 g/mol. The predicted molar refractivity (Wildman–Crippen MR) is 87.8 cm³/mol. The summed E-state index contributed by atoms with van der Waals surface area (Å²) in [6.07, 6.45) is 0.541. The number of halogens is 1. The molecule has 1 atom stereocenters. The highest BCUT2D eigenvalue weighted by Crippen LogP contribution is 2.29. The first-order valence-electron chi connectivity index (χ1n) is 7.05. The van der Waals surface area contributed by atoms with Gasteiger partial charge in [0.05, 0.1) is 18.0 Å². The number of benzene rings is 2. The molecule has 0 amide bonds. The van der Waals surface area contributed by atoms with Crippen molar-refractivity contribution < 1.29 is 17.9 Å². The van der Waals surface area contributed by atoms with E-state index < -0.39 is 10.0 Å². The number of hydrogen-bond acceptors (Lipinski definition) is 4. The maximum Gasteiger partial charge on any atom is 0.240 e. The van der Waals surface area contributed by atoms with Crippen LogP contribution in [0.5, 0.6) is 11.5 Å². The second-order valence-electron chi connectivity index (χ2n) is 5.26. The lowest BCUT2D eigenvalue weighted by atomic mass is 10.0. The zero-order chi connectivity index (χ0) is 16.4. The third-order valence-corrected chi connectivity index (χ3v) is 5.41. The molecule has 0 unspecified atom stereocenters. The van der Waals surface area contributed by atoms with Gasteiger partial charge in [-0.2, -0.15) is 0 Å². The molecule has 1 N–H and O–H groups in total. The fourth-order valence-corrected chi connectivity index (χ4v) is 3.82. The summed E-state index contributed by atoms with van der Waals surface area (Å²) in [7, 11) is -2.03. The van der Waals surface area contributed by atoms with E-state index in [9.17, 15) is 8.42 Å². The van der Waals surface area contributed by atoms with E-state index in [0.717, 1.165) is 11.3 Å². The Balaban J connectivity index is 1.77. The number of sulfonamides is 1. The van der Waals surface area contributed by atoms with Gasteiger partial charge in [-0.15, -0.1) is 0 Å². The molecule has 7 heteroatoms. The average Bonchev–Trinajstić information content (AvgIpc) is 2.54. The predicted octanol–water partition coefficient (Wildman–Crippen LogP) is 2.63. The quantitative estimate of drug-likeness (QED) is 0.917. The number of methoxy groups -OCH3 is 1. The lowest BCUT2D eigenvalue weighted by Gasteiger charge is -2.26. The molecule has 2 aromatic rings. The standard InChI is InChI=1S/C16H16ClNO4S/c1-21-14-4-7-16-11(9-14)8-13(10-22-16)18-23(19,20)15-5-2-12(17)3-6-15/h2-7,9,13,18H,8,10H2,1H3/t13-/m0/s1. The van der Waals surface area contributed by atoms with Gasteiger partial charge in [-0.1, -0.05) is 11.6 Å². The molecule has 0 spiro atoms. The highest BCUT2D eigenvalue weighted by Gasteiger charge is 2.25. The van der Waals surface area contributed by atoms with Gasteiger partial charge in [0.15, 0.2) is 0 Å². The molecule has 0 fully saturated rings. The number of fused-ring (bicyclic) bond motifs is 1. The molecule has 3 rings (SSSR count). The third kappa shape index (κ3) is 3.60. The number of nitrogens with one attached hydrogen (secondary N) is 1. The van der Waals surface area contributed by atoms with Gasteiger partial charge >= 0.3 is 0 Å². The van der Waals surface area contributed by atoms with Crippen molar-refractivity contribution in [2.24, 2.45) is 0 Å². The topological polar surface area (TPSA) is 64.6 Å². The van der Waals surface area contributed by atoms with Crippen molar-refractivity contribution in [1.82, 2.24) is 4.72 Å². The highest BCUT2D eigenvalue weighted by molar-refractivity contribution is 7.89. The largest absolute Gasteiger partial charge is 0.497 e. The van der Waals surface area contributed by atoms with Crippen molar-refractivity contribution >= 4 is 21.6 Å². The van der Waals surface area contributed by atoms with Gasteiger partial charge in [-0.3, -0.25) is 0 Å². The average molecular weight is 354 g/mol. The van der Waals surface area contributed by atoms with Gasteiger partial charge in [0, 0.05) is 5.02 Å². The summed E-state index contributed by atoms with van der Waals surface area (Å²) in [5.41, 5.74) is 0.916. The van der Waals surface area contributed by atoms with E-state index in [4.69, 9.17) is 21.1 Å². The van der Waals surface area contributed by atoms with Crippen LogP contribution in [-0.4, -0.2) is 28.2 Å². The van der Waals surface area contributed by atoms with Crippen molar-refractivity contribution in [3.8, 4) is 11.5 Å². The van der Waals surface area contributed by atoms with Gasteiger partial charge in [0.1, 0.15) is 18.1 Å². The second-order valence-corrected chi connectivity index (χ2v) is 7.41. The molecule has 0 saturated heterocycles. The molecule has 0 aromatic heterocycles. The number of ether oxygens (including phenoxy) is 2. The van der Waals surface area contributed by atoms with Gasteiger partial charge in [0.2, 0.25) is 10.0 Å². The van der Waals surface area contributed by atoms with Crippen LogP contribution < -0.4 is 14.2 Å². The molecule has 122 valence electrons. The summed E-state index contributed by atoms with van der Waals surface area (Å²) in [5.74, 6) is 1.47. The zero-order valence-corrected chi connectivity index (χ0v) is 14.0. The van der Waals surface area contributed by atoms with Crippen molar-refractivity contribution in [2.75, 3.05) is 13.7 Å². The van der Waals surface area contributed by atoms with E-state index in [2.05, 4.69) is 4.72 Å². The molecule has 23 heavy (non-hydrogen) atoms. The van der Waals surface area contributed by atoms with Crippen LogP contribution in [0, 0.1) is 0 Å². The smallest absolute Gasteiger partial charge is 0.240 e. The van der Waals surface area contributed by atoms with E-state index in [1.165, 1.54) is 12.1 Å². The molecule has 2 aromatic carbocycles. The van der Waals surface area contributed by atoms with Gasteiger partial charge in [-0.25, -0.2) is 13.1 Å². The van der Waals surface area contributed by atoms with Crippen molar-refractivity contribution in [3.05, 3.63) is 53.1 Å². The fourth-order valence-electron chi connectivity index (χ4n) is 2.47. The van der Waals surface area contributed by atoms with E-state index in [1.54, 1.807) is 19.2 Å². The lowest BCUT2D eigenvalue weighted by molar-refractivity contribution is 0.253. The van der Waals surface area contributed by atoms with Crippen LogP contribution in [0.25, 0.3) is 0 Å². The Labute approximate surface area is 140 Å². The molecule has 0 saturated carbocycles. The maximum atomic E-state index is 12.4. The Bertz CT molecular complexity index is 805. The molecule has 0 radical (unpaired) electrons. The van der Waals surface area contributed by atoms with E-state index in [-0.39, 0.29) is 17.5 Å². The van der Waals surface area contributed by atoms with Crippen LogP contribution in [0.1, 0.15) is 5.56 Å². The van der Waals surface area contributed by atoms with Crippen LogP contribution in [-0.2, 0) is 16.4 Å². The molecule has 1 heterocycles. The van der Waals surface area contributed by atoms with E-state index in [1.807, 2.05) is 18.2 Å². The van der Waals surface area contributed by atoms with Crippen LogP contribution >= 0.6 is 11.6 Å². The van der Waals surface area contributed by atoms with Crippen LogP contribution in [0.4, 0.5) is 0 Å². The summed E-state index contributed by atoms with van der Waals surface area (Å²) in [4.78, 5) is 0.179. The van der Waals surface area contributed by atoms with Crippen molar-refractivity contribution in [1.29, 1.82) is 0 Å². The second kappa shape index (κ2) is 6.39. The lowest BCUT2D eigenvalue weighted by Crippen LogP contribution is -2.42. The Morgan fingerprint density at radius 1 is 1.22 bits per heavy atom. The molecule has 5 nitrogen and oxygen atoms in total. The summed E-state index contributed by atoms with van der Waals surface area (Å²) in [5, 5.41) is 0.492. The summed E-state index contributed by atoms with van der Waals surface area (Å²) >= 11 is 5.79. The maximum absolute atomic E-state index is 12.4. The Hall–Kier alpha value is -1.76. The SMILES string of the molecule is COc1ccc2c(c1)C[C@H](NS(=O)(=O)c1ccc(Cl)cc1)CO2. The van der Waals surface area contributed by atoms with Crippen LogP contribution in [0.2, 0.25) is 5.02 Å². The number of hydrogen-bond donors (Lipinski definition) is 1. The monoisotopic (exact) mass is 353 g/mol. The third-order valence-electron chi connectivity index (χ3n) is 3.62. The molecule has 0 bridgehead atoms. The van der Waals surface area contributed by atoms with Crippen molar-refractivity contribution in [2.45, 2.75) is 17.4 Å². The first-order valence-corrected chi connectivity index (χ1v) is 8.91. The first-order chi connectivity index (χ1) is 11.0. The first kappa shape index (κ1) is 16.1. The molecule has 1 aliphatic rings.